The van der Waals surface area contributed by atoms with E-state index in [1.165, 1.54) is 0 Å². The monoisotopic (exact) mass is 347 g/mol. The van der Waals surface area contributed by atoms with E-state index in [-0.39, 0.29) is 18.5 Å². The molecule has 1 amide bonds. The number of hydrogen-bond donors (Lipinski definition) is 1. The molecule has 1 aliphatic rings. The second-order valence-electron chi connectivity index (χ2n) is 6.60. The molecule has 0 spiro atoms. The Morgan fingerprint density at radius 1 is 1.27 bits per heavy atom. The van der Waals surface area contributed by atoms with Crippen molar-refractivity contribution >= 4 is 5.91 Å². The summed E-state index contributed by atoms with van der Waals surface area (Å²) in [7, 11) is 0. The standard InChI is InChI=1S/C20H21N5O/c1-14-10-11-22-25(14)13-19(26)23-17-8-5-9-18-16(17)12-21-20(24-18)15-6-3-2-4-7-15/h2-4,6-7,10-12,17H,5,8-9,13H2,1H3,(H,23,26)/t17-/m1/s1. The molecule has 2 aromatic heterocycles. The average Bonchev–Trinajstić information content (AvgIpc) is 3.07. The van der Waals surface area contributed by atoms with Crippen LogP contribution in [0.15, 0.2) is 48.8 Å². The summed E-state index contributed by atoms with van der Waals surface area (Å²) < 4.78 is 1.70. The zero-order chi connectivity index (χ0) is 17.9. The van der Waals surface area contributed by atoms with Gasteiger partial charge in [0.25, 0.3) is 0 Å². The summed E-state index contributed by atoms with van der Waals surface area (Å²) in [5, 5.41) is 7.29. The fourth-order valence-electron chi connectivity index (χ4n) is 3.36. The minimum atomic E-state index is -0.0400. The van der Waals surface area contributed by atoms with Crippen LogP contribution in [0.5, 0.6) is 0 Å². The van der Waals surface area contributed by atoms with E-state index in [0.717, 1.165) is 47.6 Å². The summed E-state index contributed by atoms with van der Waals surface area (Å²) in [5.41, 5.74) is 4.04. The molecule has 1 N–H and O–H groups in total. The fourth-order valence-corrected chi connectivity index (χ4v) is 3.36. The topological polar surface area (TPSA) is 72.7 Å². The van der Waals surface area contributed by atoms with Crippen LogP contribution in [0, 0.1) is 6.92 Å². The molecule has 3 aromatic rings. The molecule has 0 fully saturated rings. The summed E-state index contributed by atoms with van der Waals surface area (Å²) in [5.74, 6) is 0.699. The first-order valence-electron chi connectivity index (χ1n) is 8.90. The van der Waals surface area contributed by atoms with Crippen LogP contribution < -0.4 is 5.32 Å². The number of nitrogens with one attached hydrogen (secondary N) is 1. The van der Waals surface area contributed by atoms with Crippen molar-refractivity contribution in [1.29, 1.82) is 0 Å². The molecule has 6 nitrogen and oxygen atoms in total. The lowest BCUT2D eigenvalue weighted by Crippen LogP contribution is -2.34. The van der Waals surface area contributed by atoms with Crippen LogP contribution >= 0.6 is 0 Å². The molecular weight excluding hydrogens is 326 g/mol. The molecular formula is C20H21N5O. The van der Waals surface area contributed by atoms with Crippen molar-refractivity contribution in [1.82, 2.24) is 25.1 Å². The van der Waals surface area contributed by atoms with E-state index >= 15 is 0 Å². The minimum Gasteiger partial charge on any atom is -0.348 e. The first kappa shape index (κ1) is 16.4. The lowest BCUT2D eigenvalue weighted by molar-refractivity contribution is -0.122. The van der Waals surface area contributed by atoms with E-state index in [9.17, 15) is 4.79 Å². The number of aryl methyl sites for hydroxylation is 2. The number of fused-ring (bicyclic) bond motifs is 1. The first-order valence-corrected chi connectivity index (χ1v) is 8.90. The molecule has 0 radical (unpaired) electrons. The second kappa shape index (κ2) is 7.07. The Kier molecular flexibility index (Phi) is 4.48. The molecule has 1 atom stereocenters. The highest BCUT2D eigenvalue weighted by Gasteiger charge is 2.24. The Labute approximate surface area is 152 Å². The molecule has 0 aliphatic heterocycles. The SMILES string of the molecule is Cc1ccnn1CC(=O)N[C@@H]1CCCc2nc(-c3ccccc3)ncc21. The quantitative estimate of drug-likeness (QED) is 0.788. The Hall–Kier alpha value is -3.02. The molecule has 0 unspecified atom stereocenters. The maximum atomic E-state index is 12.4. The largest absolute Gasteiger partial charge is 0.348 e. The Balaban J connectivity index is 1.52. The van der Waals surface area contributed by atoms with Crippen LogP contribution in [-0.2, 0) is 17.8 Å². The van der Waals surface area contributed by atoms with Gasteiger partial charge < -0.3 is 5.32 Å². The molecule has 0 saturated heterocycles. The highest BCUT2D eigenvalue weighted by molar-refractivity contribution is 5.76. The van der Waals surface area contributed by atoms with Gasteiger partial charge in [-0.05, 0) is 32.3 Å². The van der Waals surface area contributed by atoms with Gasteiger partial charge in [0, 0.05) is 34.9 Å². The lowest BCUT2D eigenvalue weighted by atomic mass is 9.92. The molecule has 26 heavy (non-hydrogen) atoms. The van der Waals surface area contributed by atoms with Gasteiger partial charge in [0.15, 0.2) is 5.82 Å². The highest BCUT2D eigenvalue weighted by atomic mass is 16.2. The van der Waals surface area contributed by atoms with Gasteiger partial charge in [0.2, 0.25) is 5.91 Å². The van der Waals surface area contributed by atoms with Gasteiger partial charge in [0.05, 0.1) is 6.04 Å². The Morgan fingerprint density at radius 3 is 2.88 bits per heavy atom. The maximum Gasteiger partial charge on any atom is 0.242 e. The normalized spacial score (nSPS) is 16.1. The zero-order valence-corrected chi connectivity index (χ0v) is 14.7. The van der Waals surface area contributed by atoms with Gasteiger partial charge in [-0.1, -0.05) is 30.3 Å². The molecule has 4 rings (SSSR count). The third-order valence-electron chi connectivity index (χ3n) is 4.77. The number of aromatic nitrogens is 4. The Morgan fingerprint density at radius 2 is 2.12 bits per heavy atom. The molecule has 0 saturated carbocycles. The van der Waals surface area contributed by atoms with Crippen LogP contribution in [0.2, 0.25) is 0 Å². The van der Waals surface area contributed by atoms with E-state index in [1.807, 2.05) is 49.5 Å². The molecule has 2 heterocycles. The molecule has 0 bridgehead atoms. The fraction of sp³-hybridized carbons (Fsp3) is 0.300. The van der Waals surface area contributed by atoms with E-state index in [4.69, 9.17) is 4.98 Å². The molecule has 132 valence electrons. The van der Waals surface area contributed by atoms with Gasteiger partial charge >= 0.3 is 0 Å². The van der Waals surface area contributed by atoms with Crippen molar-refractivity contribution in [2.45, 2.75) is 38.8 Å². The second-order valence-corrected chi connectivity index (χ2v) is 6.60. The van der Waals surface area contributed by atoms with E-state index in [2.05, 4.69) is 15.4 Å². The third-order valence-corrected chi connectivity index (χ3v) is 4.77. The maximum absolute atomic E-state index is 12.4. The molecule has 6 heteroatoms. The zero-order valence-electron chi connectivity index (χ0n) is 14.7. The average molecular weight is 347 g/mol. The number of rotatable bonds is 4. The van der Waals surface area contributed by atoms with Gasteiger partial charge in [-0.2, -0.15) is 5.10 Å². The number of nitrogens with zero attached hydrogens (tertiary/aromatic N) is 4. The number of carbonyl (C=O) groups is 1. The van der Waals surface area contributed by atoms with Gasteiger partial charge in [0.1, 0.15) is 6.54 Å². The Bertz CT molecular complexity index is 919. The van der Waals surface area contributed by atoms with Crippen LogP contribution in [0.3, 0.4) is 0 Å². The van der Waals surface area contributed by atoms with E-state index in [1.54, 1.807) is 10.9 Å². The molecule has 1 aliphatic carbocycles. The number of amides is 1. The highest BCUT2D eigenvalue weighted by Crippen LogP contribution is 2.29. The van der Waals surface area contributed by atoms with E-state index in [0.29, 0.717) is 0 Å². The minimum absolute atomic E-state index is 0.0352. The predicted octanol–water partition coefficient (Wildman–Crippen LogP) is 2.84. The van der Waals surface area contributed by atoms with Crippen molar-refractivity contribution in [2.24, 2.45) is 0 Å². The number of carbonyl (C=O) groups excluding carboxylic acids is 1. The number of benzene rings is 1. The van der Waals surface area contributed by atoms with Crippen LogP contribution in [0.25, 0.3) is 11.4 Å². The summed E-state index contributed by atoms with van der Waals surface area (Å²) in [6, 6.07) is 11.8. The van der Waals surface area contributed by atoms with Gasteiger partial charge in [-0.3, -0.25) is 9.48 Å². The van der Waals surface area contributed by atoms with Gasteiger partial charge in [-0.15, -0.1) is 0 Å². The molecule has 1 aromatic carbocycles. The van der Waals surface area contributed by atoms with Crippen molar-refractivity contribution in [3.05, 3.63) is 65.7 Å². The summed E-state index contributed by atoms with van der Waals surface area (Å²) in [6.45, 7) is 2.17. The van der Waals surface area contributed by atoms with Crippen LogP contribution in [0.1, 0.15) is 35.8 Å². The van der Waals surface area contributed by atoms with Crippen LogP contribution in [0.4, 0.5) is 0 Å². The van der Waals surface area contributed by atoms with Crippen molar-refractivity contribution in [2.75, 3.05) is 0 Å². The lowest BCUT2D eigenvalue weighted by Gasteiger charge is -2.25. The van der Waals surface area contributed by atoms with Crippen molar-refractivity contribution in [3.63, 3.8) is 0 Å². The van der Waals surface area contributed by atoms with Gasteiger partial charge in [-0.25, -0.2) is 9.97 Å². The first-order chi connectivity index (χ1) is 12.7. The summed E-state index contributed by atoms with van der Waals surface area (Å²) >= 11 is 0. The van der Waals surface area contributed by atoms with Crippen molar-refractivity contribution < 1.29 is 4.79 Å². The smallest absolute Gasteiger partial charge is 0.242 e. The van der Waals surface area contributed by atoms with Crippen molar-refractivity contribution in [3.8, 4) is 11.4 Å². The van der Waals surface area contributed by atoms with Crippen LogP contribution in [-0.4, -0.2) is 25.7 Å². The predicted molar refractivity (Wildman–Crippen MR) is 98.3 cm³/mol. The summed E-state index contributed by atoms with van der Waals surface area (Å²) in [4.78, 5) is 21.7. The van der Waals surface area contributed by atoms with E-state index < -0.39 is 0 Å². The number of hydrogen-bond acceptors (Lipinski definition) is 4. The third kappa shape index (κ3) is 3.35. The summed E-state index contributed by atoms with van der Waals surface area (Å²) in [6.07, 6.45) is 6.41.